The van der Waals surface area contributed by atoms with Gasteiger partial charge in [-0.05, 0) is 31.7 Å². The number of allylic oxidation sites excluding steroid dienone is 1. The van der Waals surface area contributed by atoms with Crippen molar-refractivity contribution in [2.75, 3.05) is 7.11 Å². The number of unbranched alkanes of at least 4 members (excludes halogenated alkanes) is 5. The maximum Gasteiger partial charge on any atom is 0.305 e. The number of hydrogen-bond acceptors (Lipinski definition) is 2. The Hall–Kier alpha value is -1.35. The molecule has 0 atom stereocenters. The van der Waals surface area contributed by atoms with Crippen molar-refractivity contribution >= 4 is 19.2 Å². The van der Waals surface area contributed by atoms with Crippen LogP contribution in [-0.4, -0.2) is 21.2 Å². The van der Waals surface area contributed by atoms with Crippen LogP contribution in [0.2, 0.25) is 19.1 Å². The molecule has 3 heteroatoms. The van der Waals surface area contributed by atoms with Gasteiger partial charge in [0.15, 0.2) is 0 Å². The minimum atomic E-state index is -1.32. The number of benzene rings is 1. The summed E-state index contributed by atoms with van der Waals surface area (Å²) in [6.45, 7) is 9.22. The Balaban J connectivity index is 2.07. The highest BCUT2D eigenvalue weighted by Crippen LogP contribution is 2.20. The number of carbonyl (C=O) groups is 1. The van der Waals surface area contributed by atoms with Gasteiger partial charge in [0.25, 0.3) is 0 Å². The Bertz CT molecular complexity index is 508. The topological polar surface area (TPSA) is 26.3 Å². The molecular formula is C22H36O2Si. The van der Waals surface area contributed by atoms with Crippen LogP contribution in [0.1, 0.15) is 57.8 Å². The Morgan fingerprint density at radius 3 is 2.08 bits per heavy atom. The summed E-state index contributed by atoms with van der Waals surface area (Å²) in [6.07, 6.45) is 10.0. The zero-order chi connectivity index (χ0) is 18.5. The number of carbonyl (C=O) groups excluding carboxylic acids is 1. The van der Waals surface area contributed by atoms with E-state index in [1.165, 1.54) is 57.3 Å². The van der Waals surface area contributed by atoms with E-state index >= 15 is 0 Å². The van der Waals surface area contributed by atoms with Crippen molar-refractivity contribution in [2.45, 2.75) is 76.9 Å². The minimum absolute atomic E-state index is 0.0849. The molecule has 0 unspecified atom stereocenters. The lowest BCUT2D eigenvalue weighted by Crippen LogP contribution is -2.40. The quantitative estimate of drug-likeness (QED) is 0.191. The molecule has 1 aromatic carbocycles. The summed E-state index contributed by atoms with van der Waals surface area (Å²) in [6, 6.07) is 12.3. The summed E-state index contributed by atoms with van der Waals surface area (Å²) in [5.74, 6) is -0.0849. The number of hydrogen-bond donors (Lipinski definition) is 0. The molecule has 0 amide bonds. The third kappa shape index (κ3) is 9.64. The predicted octanol–water partition coefficient (Wildman–Crippen LogP) is 5.84. The first-order valence-corrected chi connectivity index (χ1v) is 13.0. The normalized spacial score (nSPS) is 11.3. The van der Waals surface area contributed by atoms with Crippen molar-refractivity contribution in [1.82, 2.24) is 0 Å². The van der Waals surface area contributed by atoms with Crippen LogP contribution < -0.4 is 5.19 Å². The molecule has 1 rings (SSSR count). The van der Waals surface area contributed by atoms with Gasteiger partial charge in [0.2, 0.25) is 0 Å². The van der Waals surface area contributed by atoms with Crippen LogP contribution in [-0.2, 0) is 9.53 Å². The van der Waals surface area contributed by atoms with Crippen molar-refractivity contribution in [2.24, 2.45) is 0 Å². The van der Waals surface area contributed by atoms with Crippen molar-refractivity contribution in [3.63, 3.8) is 0 Å². The number of ether oxygens (including phenoxy) is 1. The molecule has 0 heterocycles. The summed E-state index contributed by atoms with van der Waals surface area (Å²) >= 11 is 0. The van der Waals surface area contributed by atoms with Gasteiger partial charge in [-0.15, -0.1) is 0 Å². The third-order valence-corrected chi connectivity index (χ3v) is 8.44. The Kier molecular flexibility index (Phi) is 10.5. The molecule has 0 bridgehead atoms. The second-order valence-electron chi connectivity index (χ2n) is 7.70. The van der Waals surface area contributed by atoms with E-state index < -0.39 is 8.07 Å². The van der Waals surface area contributed by atoms with E-state index in [1.54, 1.807) is 5.19 Å². The van der Waals surface area contributed by atoms with E-state index in [-0.39, 0.29) is 5.97 Å². The van der Waals surface area contributed by atoms with Gasteiger partial charge in [-0.1, -0.05) is 86.4 Å². The predicted molar refractivity (Wildman–Crippen MR) is 111 cm³/mol. The van der Waals surface area contributed by atoms with Crippen LogP contribution in [0.4, 0.5) is 0 Å². The average molecular weight is 361 g/mol. The van der Waals surface area contributed by atoms with E-state index in [0.717, 1.165) is 12.8 Å². The fourth-order valence-corrected chi connectivity index (χ4v) is 5.46. The van der Waals surface area contributed by atoms with Crippen molar-refractivity contribution in [3.8, 4) is 0 Å². The fourth-order valence-electron chi connectivity index (χ4n) is 3.10. The lowest BCUT2D eigenvalue weighted by molar-refractivity contribution is -0.140. The molecule has 0 aliphatic carbocycles. The second-order valence-corrected chi connectivity index (χ2v) is 12.5. The van der Waals surface area contributed by atoms with Crippen LogP contribution in [0.5, 0.6) is 0 Å². The van der Waals surface area contributed by atoms with E-state index in [4.69, 9.17) is 0 Å². The molecule has 0 aliphatic heterocycles. The van der Waals surface area contributed by atoms with Crippen LogP contribution in [0.25, 0.3) is 0 Å². The molecule has 2 nitrogen and oxygen atoms in total. The van der Waals surface area contributed by atoms with E-state index in [1.807, 2.05) is 0 Å². The molecule has 0 fully saturated rings. The summed E-state index contributed by atoms with van der Waals surface area (Å²) in [5.41, 5.74) is 1.42. The maximum atomic E-state index is 11.0. The maximum absolute atomic E-state index is 11.0. The highest BCUT2D eigenvalue weighted by atomic mass is 28.3. The molecule has 0 spiro atoms. The second kappa shape index (κ2) is 12.1. The summed E-state index contributed by atoms with van der Waals surface area (Å²) < 4.78 is 4.65. The van der Waals surface area contributed by atoms with Crippen molar-refractivity contribution < 1.29 is 9.53 Å². The van der Waals surface area contributed by atoms with Crippen LogP contribution in [0, 0.1) is 0 Å². The molecule has 0 aliphatic rings. The summed E-state index contributed by atoms with van der Waals surface area (Å²) in [7, 11) is 0.134. The first-order chi connectivity index (χ1) is 12.0. The number of esters is 1. The van der Waals surface area contributed by atoms with Crippen LogP contribution in [0.15, 0.2) is 42.5 Å². The molecule has 0 N–H and O–H groups in total. The smallest absolute Gasteiger partial charge is 0.305 e. The zero-order valence-electron chi connectivity index (χ0n) is 16.5. The van der Waals surface area contributed by atoms with Crippen molar-refractivity contribution in [3.05, 3.63) is 42.5 Å². The molecule has 0 saturated carbocycles. The van der Waals surface area contributed by atoms with Gasteiger partial charge < -0.3 is 4.74 Å². The van der Waals surface area contributed by atoms with Crippen LogP contribution in [0.3, 0.4) is 0 Å². The van der Waals surface area contributed by atoms with E-state index in [2.05, 4.69) is 54.7 Å². The molecule has 0 saturated heterocycles. The minimum Gasteiger partial charge on any atom is -0.469 e. The molecular weight excluding hydrogens is 324 g/mol. The first kappa shape index (κ1) is 21.7. The number of rotatable bonds is 13. The van der Waals surface area contributed by atoms with Gasteiger partial charge >= 0.3 is 5.97 Å². The third-order valence-electron chi connectivity index (χ3n) is 5.05. The molecule has 25 heavy (non-hydrogen) atoms. The van der Waals surface area contributed by atoms with Gasteiger partial charge in [-0.3, -0.25) is 4.79 Å². The molecule has 0 radical (unpaired) electrons. The lowest BCUT2D eigenvalue weighted by Gasteiger charge is -2.23. The Morgan fingerprint density at radius 1 is 0.920 bits per heavy atom. The van der Waals surface area contributed by atoms with Gasteiger partial charge in [0, 0.05) is 6.42 Å². The average Bonchev–Trinajstić information content (AvgIpc) is 2.62. The highest BCUT2D eigenvalue weighted by molar-refractivity contribution is 6.89. The SMILES string of the molecule is C=C(CCCCCCCCC(=O)OC)CC[Si](C)(C)c1ccccc1. The van der Waals surface area contributed by atoms with E-state index in [0.29, 0.717) is 6.42 Å². The first-order valence-electron chi connectivity index (χ1n) is 9.74. The fraction of sp³-hybridized carbons (Fsp3) is 0.591. The molecule has 1 aromatic rings. The summed E-state index contributed by atoms with van der Waals surface area (Å²) in [5, 5.41) is 1.55. The molecule has 0 aromatic heterocycles. The number of methoxy groups -OCH3 is 1. The standard InChI is InChI=1S/C22H36O2Si/c1-20(14-10-7-5-6-8-13-17-22(23)24-2)18-19-25(3,4)21-15-11-9-12-16-21/h9,11-12,15-16H,1,5-8,10,13-14,17-19H2,2-4H3. The largest absolute Gasteiger partial charge is 0.469 e. The van der Waals surface area contributed by atoms with Crippen molar-refractivity contribution in [1.29, 1.82) is 0 Å². The van der Waals surface area contributed by atoms with Gasteiger partial charge in [0.1, 0.15) is 0 Å². The van der Waals surface area contributed by atoms with Gasteiger partial charge in [-0.2, -0.15) is 0 Å². The van der Waals surface area contributed by atoms with Gasteiger partial charge in [-0.25, -0.2) is 0 Å². The highest BCUT2D eigenvalue weighted by Gasteiger charge is 2.22. The Labute approximate surface area is 155 Å². The molecule has 140 valence electrons. The lowest BCUT2D eigenvalue weighted by atomic mass is 10.0. The van der Waals surface area contributed by atoms with Gasteiger partial charge in [0.05, 0.1) is 15.2 Å². The zero-order valence-corrected chi connectivity index (χ0v) is 17.5. The van der Waals surface area contributed by atoms with Crippen LogP contribution >= 0.6 is 0 Å². The monoisotopic (exact) mass is 360 g/mol. The Morgan fingerprint density at radius 2 is 1.48 bits per heavy atom. The summed E-state index contributed by atoms with van der Waals surface area (Å²) in [4.78, 5) is 11.0. The van der Waals surface area contributed by atoms with E-state index in [9.17, 15) is 4.79 Å².